The fraction of sp³-hybridized carbons (Fsp3) is 0.200. The van der Waals surface area contributed by atoms with Gasteiger partial charge in [0.25, 0.3) is 0 Å². The van der Waals surface area contributed by atoms with Crippen molar-refractivity contribution in [3.8, 4) is 5.75 Å². The second kappa shape index (κ2) is 4.92. The number of methoxy groups -OCH3 is 2. The Morgan fingerprint density at radius 3 is 2.69 bits per heavy atom. The molecule has 70 valence electrons. The Bertz CT molecular complexity index is 308. The molecule has 0 fully saturated rings. The molecule has 3 heteroatoms. The number of rotatable bonds is 3. The molecule has 1 aromatic carbocycles. The molecule has 2 nitrogen and oxygen atoms in total. The molecule has 0 aliphatic carbocycles. The van der Waals surface area contributed by atoms with E-state index in [-0.39, 0.29) is 0 Å². The lowest BCUT2D eigenvalue weighted by atomic mass is 10.2. The number of hydrogen-bond acceptors (Lipinski definition) is 2. The topological polar surface area (TPSA) is 18.5 Å². The van der Waals surface area contributed by atoms with Gasteiger partial charge in [0.15, 0.2) is 0 Å². The molecule has 0 bridgehead atoms. The third-order valence-corrected chi connectivity index (χ3v) is 2.30. The van der Waals surface area contributed by atoms with Crippen molar-refractivity contribution in [3.63, 3.8) is 0 Å². The van der Waals surface area contributed by atoms with Gasteiger partial charge in [0.1, 0.15) is 5.75 Å². The summed E-state index contributed by atoms with van der Waals surface area (Å²) in [6, 6.07) is 5.78. The lowest BCUT2D eigenvalue weighted by Gasteiger charge is -2.05. The smallest absolute Gasteiger partial charge is 0.127 e. The molecular formula is C10H11BrO2. The van der Waals surface area contributed by atoms with E-state index in [2.05, 4.69) is 15.9 Å². The number of hydrogen-bond donors (Lipinski definition) is 0. The largest absolute Gasteiger partial charge is 0.504 e. The third kappa shape index (κ3) is 2.49. The molecule has 0 N–H and O–H groups in total. The summed E-state index contributed by atoms with van der Waals surface area (Å²) in [4.78, 5) is 0. The predicted octanol–water partition coefficient (Wildman–Crippen LogP) is 3.07. The van der Waals surface area contributed by atoms with Crippen LogP contribution < -0.4 is 4.74 Å². The monoisotopic (exact) mass is 242 g/mol. The first kappa shape index (κ1) is 10.1. The second-order valence-corrected chi connectivity index (χ2v) is 3.25. The fourth-order valence-electron chi connectivity index (χ4n) is 0.993. The van der Waals surface area contributed by atoms with E-state index in [0.29, 0.717) is 0 Å². The summed E-state index contributed by atoms with van der Waals surface area (Å²) in [5.74, 6) is 0.822. The molecule has 0 aromatic heterocycles. The van der Waals surface area contributed by atoms with Crippen LogP contribution in [0.25, 0.3) is 6.08 Å². The molecule has 1 aromatic rings. The Morgan fingerprint density at radius 2 is 2.08 bits per heavy atom. The Hall–Kier alpha value is -0.960. The van der Waals surface area contributed by atoms with Crippen molar-refractivity contribution in [3.05, 3.63) is 34.5 Å². The fourth-order valence-corrected chi connectivity index (χ4v) is 1.47. The van der Waals surface area contributed by atoms with Crippen molar-refractivity contribution in [1.82, 2.24) is 0 Å². The highest BCUT2D eigenvalue weighted by atomic mass is 79.9. The van der Waals surface area contributed by atoms with Gasteiger partial charge in [-0.05, 0) is 18.2 Å². The predicted molar refractivity (Wildman–Crippen MR) is 56.7 cm³/mol. The molecule has 0 saturated carbocycles. The minimum Gasteiger partial charge on any atom is -0.504 e. The molecule has 0 heterocycles. The van der Waals surface area contributed by atoms with E-state index in [0.717, 1.165) is 15.8 Å². The second-order valence-electron chi connectivity index (χ2n) is 2.39. The maximum atomic E-state index is 5.19. The average Bonchev–Trinajstić information content (AvgIpc) is 2.15. The van der Waals surface area contributed by atoms with Crippen molar-refractivity contribution in [2.75, 3.05) is 14.2 Å². The van der Waals surface area contributed by atoms with Crippen LogP contribution >= 0.6 is 15.9 Å². The normalized spacial score (nSPS) is 10.4. The lowest BCUT2D eigenvalue weighted by Crippen LogP contribution is -1.87. The Kier molecular flexibility index (Phi) is 3.83. The zero-order valence-corrected chi connectivity index (χ0v) is 9.17. The van der Waals surface area contributed by atoms with E-state index in [1.165, 1.54) is 0 Å². The van der Waals surface area contributed by atoms with Crippen LogP contribution in [0.4, 0.5) is 0 Å². The SMILES string of the molecule is COC=Cc1c(Br)cccc1OC. The van der Waals surface area contributed by atoms with Gasteiger partial charge in [-0.1, -0.05) is 22.0 Å². The first-order chi connectivity index (χ1) is 6.29. The molecule has 0 unspecified atom stereocenters. The van der Waals surface area contributed by atoms with Crippen LogP contribution in [-0.2, 0) is 4.74 Å². The van der Waals surface area contributed by atoms with Crippen LogP contribution in [0.2, 0.25) is 0 Å². The van der Waals surface area contributed by atoms with Crippen molar-refractivity contribution < 1.29 is 9.47 Å². The Balaban J connectivity index is 3.07. The van der Waals surface area contributed by atoms with Gasteiger partial charge in [0.05, 0.1) is 20.5 Å². The highest BCUT2D eigenvalue weighted by molar-refractivity contribution is 9.10. The molecule has 0 spiro atoms. The van der Waals surface area contributed by atoms with Crippen molar-refractivity contribution >= 4 is 22.0 Å². The molecule has 0 radical (unpaired) electrons. The van der Waals surface area contributed by atoms with Crippen LogP contribution in [0.5, 0.6) is 5.75 Å². The van der Waals surface area contributed by atoms with Crippen molar-refractivity contribution in [2.24, 2.45) is 0 Å². The van der Waals surface area contributed by atoms with Crippen molar-refractivity contribution in [2.45, 2.75) is 0 Å². The van der Waals surface area contributed by atoms with E-state index in [4.69, 9.17) is 9.47 Å². The van der Waals surface area contributed by atoms with Gasteiger partial charge in [0, 0.05) is 10.0 Å². The molecular weight excluding hydrogens is 232 g/mol. The summed E-state index contributed by atoms with van der Waals surface area (Å²) in [6.07, 6.45) is 3.46. The summed E-state index contributed by atoms with van der Waals surface area (Å²) in [5.41, 5.74) is 0.979. The van der Waals surface area contributed by atoms with Gasteiger partial charge in [0.2, 0.25) is 0 Å². The van der Waals surface area contributed by atoms with Crippen molar-refractivity contribution in [1.29, 1.82) is 0 Å². The first-order valence-corrected chi connectivity index (χ1v) is 4.60. The van der Waals surface area contributed by atoms with Crippen LogP contribution in [-0.4, -0.2) is 14.2 Å². The summed E-state index contributed by atoms with van der Waals surface area (Å²) in [5, 5.41) is 0. The van der Waals surface area contributed by atoms with Gasteiger partial charge in [-0.25, -0.2) is 0 Å². The third-order valence-electron chi connectivity index (χ3n) is 1.60. The average molecular weight is 243 g/mol. The first-order valence-electron chi connectivity index (χ1n) is 3.81. The van der Waals surface area contributed by atoms with E-state index >= 15 is 0 Å². The standard InChI is InChI=1S/C10H11BrO2/c1-12-7-6-8-9(11)4-3-5-10(8)13-2/h3-7H,1-2H3. The highest BCUT2D eigenvalue weighted by Gasteiger charge is 2.02. The summed E-state index contributed by atoms with van der Waals surface area (Å²) >= 11 is 3.43. The van der Waals surface area contributed by atoms with Crippen LogP contribution in [0.15, 0.2) is 28.9 Å². The summed E-state index contributed by atoms with van der Waals surface area (Å²) in [7, 11) is 3.26. The molecule has 1 rings (SSSR count). The highest BCUT2D eigenvalue weighted by Crippen LogP contribution is 2.27. The molecule has 13 heavy (non-hydrogen) atoms. The van der Waals surface area contributed by atoms with E-state index in [1.54, 1.807) is 20.5 Å². The summed E-state index contributed by atoms with van der Waals surface area (Å²) in [6.45, 7) is 0. The van der Waals surface area contributed by atoms with Crippen LogP contribution in [0.3, 0.4) is 0 Å². The van der Waals surface area contributed by atoms with Gasteiger partial charge in [-0.15, -0.1) is 0 Å². The zero-order chi connectivity index (χ0) is 9.68. The number of halogens is 1. The minimum absolute atomic E-state index is 0.822. The van der Waals surface area contributed by atoms with Crippen LogP contribution in [0, 0.1) is 0 Å². The molecule has 0 aliphatic heterocycles. The van der Waals surface area contributed by atoms with E-state index < -0.39 is 0 Å². The van der Waals surface area contributed by atoms with Crippen LogP contribution in [0.1, 0.15) is 5.56 Å². The minimum atomic E-state index is 0.822. The molecule has 0 aliphatic rings. The molecule has 0 amide bonds. The summed E-state index contributed by atoms with van der Waals surface area (Å²) < 4.78 is 11.0. The molecule has 0 saturated heterocycles. The van der Waals surface area contributed by atoms with Gasteiger partial charge >= 0.3 is 0 Å². The Morgan fingerprint density at radius 1 is 1.31 bits per heavy atom. The molecule has 0 atom stereocenters. The van der Waals surface area contributed by atoms with E-state index in [9.17, 15) is 0 Å². The van der Waals surface area contributed by atoms with Gasteiger partial charge in [-0.2, -0.15) is 0 Å². The van der Waals surface area contributed by atoms with Gasteiger partial charge in [-0.3, -0.25) is 0 Å². The number of ether oxygens (including phenoxy) is 2. The van der Waals surface area contributed by atoms with E-state index in [1.807, 2.05) is 24.3 Å². The quantitative estimate of drug-likeness (QED) is 0.759. The lowest BCUT2D eigenvalue weighted by molar-refractivity contribution is 0.341. The maximum Gasteiger partial charge on any atom is 0.127 e. The maximum absolute atomic E-state index is 5.19. The van der Waals surface area contributed by atoms with Gasteiger partial charge < -0.3 is 9.47 Å². The Labute approximate surface area is 86.3 Å². The zero-order valence-electron chi connectivity index (χ0n) is 7.58. The number of benzene rings is 1.